The topological polar surface area (TPSA) is 63.7 Å². The molecule has 2 aromatic rings. The normalized spacial score (nSPS) is 12.1. The minimum atomic E-state index is -4.47. The van der Waals surface area contributed by atoms with Gasteiger partial charge in [0, 0.05) is 18.7 Å². The second kappa shape index (κ2) is 8.86. The van der Waals surface area contributed by atoms with E-state index in [-0.39, 0.29) is 23.8 Å². The highest BCUT2D eigenvalue weighted by atomic mass is 32.2. The van der Waals surface area contributed by atoms with Crippen molar-refractivity contribution in [3.05, 3.63) is 65.2 Å². The molecule has 158 valence electrons. The number of alkyl halides is 3. The lowest BCUT2D eigenvalue weighted by atomic mass is 10.1. The monoisotopic (exact) mass is 429 g/mol. The molecule has 2 rings (SSSR count). The van der Waals surface area contributed by atoms with Crippen LogP contribution in [-0.2, 0) is 22.8 Å². The standard InChI is InChI=1S/C20H22F3NO4S/c1-14(2)12-24(13-15-5-4-6-18(11-15)28-29(3,26)27)19(25)16-7-9-17(10-8-16)20(21,22)23/h4-11,14H,12-13H2,1-3H3. The van der Waals surface area contributed by atoms with Crippen molar-refractivity contribution in [2.45, 2.75) is 26.6 Å². The molecule has 0 fully saturated rings. The molecule has 29 heavy (non-hydrogen) atoms. The molecule has 0 radical (unpaired) electrons. The molecular formula is C20H22F3NO4S. The Kier molecular flexibility index (Phi) is 6.94. The van der Waals surface area contributed by atoms with E-state index in [1.165, 1.54) is 17.0 Å². The van der Waals surface area contributed by atoms with Crippen molar-refractivity contribution in [1.82, 2.24) is 4.90 Å². The highest BCUT2D eigenvalue weighted by Gasteiger charge is 2.30. The molecule has 0 atom stereocenters. The molecule has 0 heterocycles. The molecular weight excluding hydrogens is 407 g/mol. The van der Waals surface area contributed by atoms with Gasteiger partial charge in [0.05, 0.1) is 11.8 Å². The maximum absolute atomic E-state index is 12.9. The first kappa shape index (κ1) is 22.7. The molecule has 2 aromatic carbocycles. The van der Waals surface area contributed by atoms with Gasteiger partial charge in [0.25, 0.3) is 5.91 Å². The molecule has 0 N–H and O–H groups in total. The number of carbonyl (C=O) groups is 1. The summed E-state index contributed by atoms with van der Waals surface area (Å²) in [5, 5.41) is 0. The SMILES string of the molecule is CC(C)CN(Cc1cccc(OS(C)(=O)=O)c1)C(=O)c1ccc(C(F)(F)F)cc1. The average Bonchev–Trinajstić information content (AvgIpc) is 2.58. The number of amides is 1. The molecule has 0 unspecified atom stereocenters. The van der Waals surface area contributed by atoms with Crippen molar-refractivity contribution in [2.75, 3.05) is 12.8 Å². The van der Waals surface area contributed by atoms with Gasteiger partial charge in [0.1, 0.15) is 5.75 Å². The van der Waals surface area contributed by atoms with E-state index < -0.39 is 27.8 Å². The Morgan fingerprint density at radius 2 is 1.72 bits per heavy atom. The summed E-state index contributed by atoms with van der Waals surface area (Å²) in [5.41, 5.74) is -0.0515. The Balaban J connectivity index is 2.25. The van der Waals surface area contributed by atoms with Gasteiger partial charge in [-0.2, -0.15) is 21.6 Å². The van der Waals surface area contributed by atoms with Gasteiger partial charge in [-0.1, -0.05) is 26.0 Å². The third-order valence-electron chi connectivity index (χ3n) is 3.85. The lowest BCUT2D eigenvalue weighted by molar-refractivity contribution is -0.137. The number of halogens is 3. The largest absolute Gasteiger partial charge is 0.416 e. The highest BCUT2D eigenvalue weighted by Crippen LogP contribution is 2.29. The molecule has 0 spiro atoms. The van der Waals surface area contributed by atoms with Gasteiger partial charge >= 0.3 is 16.3 Å². The van der Waals surface area contributed by atoms with Crippen molar-refractivity contribution >= 4 is 16.0 Å². The first-order chi connectivity index (χ1) is 13.3. The van der Waals surface area contributed by atoms with Crippen LogP contribution in [-0.4, -0.2) is 32.0 Å². The number of benzene rings is 2. The predicted molar refractivity (Wildman–Crippen MR) is 103 cm³/mol. The van der Waals surface area contributed by atoms with Crippen LogP contribution in [0.15, 0.2) is 48.5 Å². The second-order valence-corrected chi connectivity index (χ2v) is 8.66. The number of rotatable bonds is 7. The van der Waals surface area contributed by atoms with Crippen LogP contribution in [0.1, 0.15) is 35.3 Å². The highest BCUT2D eigenvalue weighted by molar-refractivity contribution is 7.86. The van der Waals surface area contributed by atoms with E-state index in [2.05, 4.69) is 0 Å². The first-order valence-corrected chi connectivity index (χ1v) is 10.6. The van der Waals surface area contributed by atoms with Crippen LogP contribution >= 0.6 is 0 Å². The van der Waals surface area contributed by atoms with Crippen LogP contribution in [0.3, 0.4) is 0 Å². The van der Waals surface area contributed by atoms with Crippen LogP contribution in [0.25, 0.3) is 0 Å². The first-order valence-electron chi connectivity index (χ1n) is 8.80. The Labute approximate surface area is 168 Å². The summed E-state index contributed by atoms with van der Waals surface area (Å²) >= 11 is 0. The molecule has 5 nitrogen and oxygen atoms in total. The minimum absolute atomic E-state index is 0.115. The Morgan fingerprint density at radius 3 is 2.24 bits per heavy atom. The molecule has 0 saturated carbocycles. The number of carbonyl (C=O) groups excluding carboxylic acids is 1. The van der Waals surface area contributed by atoms with Gasteiger partial charge in [-0.05, 0) is 47.9 Å². The van der Waals surface area contributed by atoms with E-state index in [1.807, 2.05) is 13.8 Å². The fraction of sp³-hybridized carbons (Fsp3) is 0.350. The second-order valence-electron chi connectivity index (χ2n) is 7.09. The predicted octanol–water partition coefficient (Wildman–Crippen LogP) is 4.34. The Morgan fingerprint density at radius 1 is 1.10 bits per heavy atom. The molecule has 0 aromatic heterocycles. The summed E-state index contributed by atoms with van der Waals surface area (Å²) in [6, 6.07) is 10.4. The van der Waals surface area contributed by atoms with Crippen LogP contribution in [0.4, 0.5) is 13.2 Å². The Hall–Kier alpha value is -2.55. The van der Waals surface area contributed by atoms with Crippen LogP contribution in [0, 0.1) is 5.92 Å². The average molecular weight is 429 g/mol. The number of hydrogen-bond acceptors (Lipinski definition) is 4. The van der Waals surface area contributed by atoms with Crippen molar-refractivity contribution in [2.24, 2.45) is 5.92 Å². The summed E-state index contributed by atoms with van der Waals surface area (Å²) < 4.78 is 65.7. The van der Waals surface area contributed by atoms with Crippen molar-refractivity contribution in [1.29, 1.82) is 0 Å². The summed E-state index contributed by atoms with van der Waals surface area (Å²) in [5.74, 6) is -0.179. The van der Waals surface area contributed by atoms with Gasteiger partial charge in [-0.15, -0.1) is 0 Å². The van der Waals surface area contributed by atoms with E-state index in [9.17, 15) is 26.4 Å². The van der Waals surface area contributed by atoms with Gasteiger partial charge < -0.3 is 9.08 Å². The molecule has 0 aliphatic carbocycles. The lowest BCUT2D eigenvalue weighted by Crippen LogP contribution is -2.33. The fourth-order valence-corrected chi connectivity index (χ4v) is 3.19. The zero-order valence-corrected chi connectivity index (χ0v) is 17.0. The molecule has 0 aliphatic heterocycles. The quantitative estimate of drug-likeness (QED) is 0.614. The lowest BCUT2D eigenvalue weighted by Gasteiger charge is -2.25. The molecule has 0 bridgehead atoms. The third-order valence-corrected chi connectivity index (χ3v) is 4.35. The van der Waals surface area contributed by atoms with Crippen molar-refractivity contribution in [3.8, 4) is 5.75 Å². The van der Waals surface area contributed by atoms with Gasteiger partial charge in [-0.25, -0.2) is 0 Å². The van der Waals surface area contributed by atoms with Crippen LogP contribution in [0.2, 0.25) is 0 Å². The van der Waals surface area contributed by atoms with E-state index in [0.29, 0.717) is 12.1 Å². The molecule has 0 aliphatic rings. The van der Waals surface area contributed by atoms with E-state index in [4.69, 9.17) is 4.18 Å². The summed E-state index contributed by atoms with van der Waals surface area (Å²) in [6.45, 7) is 4.35. The fourth-order valence-electron chi connectivity index (χ4n) is 2.74. The van der Waals surface area contributed by atoms with Crippen molar-refractivity contribution in [3.63, 3.8) is 0 Å². The maximum Gasteiger partial charge on any atom is 0.416 e. The van der Waals surface area contributed by atoms with E-state index >= 15 is 0 Å². The number of nitrogens with zero attached hydrogens (tertiary/aromatic N) is 1. The summed E-state index contributed by atoms with van der Waals surface area (Å²) in [4.78, 5) is 14.4. The van der Waals surface area contributed by atoms with Gasteiger partial charge in [-0.3, -0.25) is 4.79 Å². The molecule has 9 heteroatoms. The summed E-state index contributed by atoms with van der Waals surface area (Å²) in [6.07, 6.45) is -3.54. The number of hydrogen-bond donors (Lipinski definition) is 0. The minimum Gasteiger partial charge on any atom is -0.383 e. The Bertz CT molecular complexity index is 954. The van der Waals surface area contributed by atoms with Gasteiger partial charge in [0.2, 0.25) is 0 Å². The zero-order chi connectivity index (χ0) is 21.8. The molecule has 1 amide bonds. The smallest absolute Gasteiger partial charge is 0.383 e. The van der Waals surface area contributed by atoms with E-state index in [0.717, 1.165) is 30.5 Å². The zero-order valence-electron chi connectivity index (χ0n) is 16.2. The summed E-state index contributed by atoms with van der Waals surface area (Å²) in [7, 11) is -3.69. The van der Waals surface area contributed by atoms with Gasteiger partial charge in [0.15, 0.2) is 0 Å². The maximum atomic E-state index is 12.9. The third kappa shape index (κ3) is 7.08. The van der Waals surface area contributed by atoms with Crippen molar-refractivity contribution < 1.29 is 30.6 Å². The van der Waals surface area contributed by atoms with Crippen LogP contribution in [0.5, 0.6) is 5.75 Å². The van der Waals surface area contributed by atoms with E-state index in [1.54, 1.807) is 12.1 Å². The van der Waals surface area contributed by atoms with Crippen LogP contribution < -0.4 is 4.18 Å². The molecule has 0 saturated heterocycles.